The first-order valence-electron chi connectivity index (χ1n) is 8.61. The van der Waals surface area contributed by atoms with Crippen LogP contribution < -0.4 is 11.1 Å². The van der Waals surface area contributed by atoms with E-state index in [9.17, 15) is 14.4 Å². The van der Waals surface area contributed by atoms with Crippen LogP contribution in [0.15, 0.2) is 57.7 Å². The van der Waals surface area contributed by atoms with Gasteiger partial charge in [0.1, 0.15) is 0 Å². The third kappa shape index (κ3) is 4.44. The molecule has 0 aliphatic carbocycles. The van der Waals surface area contributed by atoms with Gasteiger partial charge in [-0.1, -0.05) is 24.3 Å². The van der Waals surface area contributed by atoms with Crippen LogP contribution >= 0.6 is 0 Å². The number of amides is 1. The lowest BCUT2D eigenvalue weighted by atomic mass is 10.1. The molecule has 0 atom stereocenters. The van der Waals surface area contributed by atoms with E-state index in [1.807, 2.05) is 18.2 Å². The fourth-order valence-corrected chi connectivity index (χ4v) is 2.80. The number of esters is 1. The number of oxazole rings is 1. The molecule has 0 aliphatic rings. The van der Waals surface area contributed by atoms with E-state index in [-0.39, 0.29) is 24.8 Å². The molecule has 0 radical (unpaired) electrons. The molecule has 0 unspecified atom stereocenters. The van der Waals surface area contributed by atoms with E-state index < -0.39 is 5.76 Å². The number of carbonyl (C=O) groups is 2. The van der Waals surface area contributed by atoms with Gasteiger partial charge in [0, 0.05) is 19.5 Å². The van der Waals surface area contributed by atoms with Gasteiger partial charge in [0.05, 0.1) is 18.2 Å². The highest BCUT2D eigenvalue weighted by atomic mass is 16.5. The molecule has 0 saturated heterocycles. The van der Waals surface area contributed by atoms with Gasteiger partial charge in [-0.15, -0.1) is 0 Å². The Balaban J connectivity index is 1.48. The Morgan fingerprint density at radius 3 is 2.59 bits per heavy atom. The first-order valence-corrected chi connectivity index (χ1v) is 8.61. The average Bonchev–Trinajstić information content (AvgIpc) is 3.01. The first-order chi connectivity index (χ1) is 13.1. The quantitative estimate of drug-likeness (QED) is 0.645. The van der Waals surface area contributed by atoms with Crippen molar-refractivity contribution in [3.05, 3.63) is 70.2 Å². The van der Waals surface area contributed by atoms with Gasteiger partial charge < -0.3 is 14.5 Å². The Labute approximate surface area is 155 Å². The molecular weight excluding hydrogens is 348 g/mol. The van der Waals surface area contributed by atoms with Crippen molar-refractivity contribution in [3.8, 4) is 0 Å². The molecule has 1 N–H and O–H groups in total. The van der Waals surface area contributed by atoms with E-state index in [1.54, 1.807) is 30.3 Å². The van der Waals surface area contributed by atoms with Gasteiger partial charge in [0.2, 0.25) is 5.91 Å². The highest BCUT2D eigenvalue weighted by Crippen LogP contribution is 2.12. The van der Waals surface area contributed by atoms with E-state index in [0.717, 1.165) is 5.56 Å². The molecule has 0 spiro atoms. The summed E-state index contributed by atoms with van der Waals surface area (Å²) in [5.41, 5.74) is 2.68. The number of carbonyl (C=O) groups excluding carboxylic acids is 2. The van der Waals surface area contributed by atoms with Crippen LogP contribution in [0.1, 0.15) is 22.3 Å². The Morgan fingerprint density at radius 2 is 1.85 bits per heavy atom. The molecule has 1 heterocycles. The van der Waals surface area contributed by atoms with Crippen LogP contribution in [0.25, 0.3) is 11.1 Å². The number of aryl methyl sites for hydroxylation is 1. The Kier molecular flexibility index (Phi) is 5.71. The zero-order valence-corrected chi connectivity index (χ0v) is 14.9. The van der Waals surface area contributed by atoms with Crippen molar-refractivity contribution in [3.63, 3.8) is 0 Å². The molecule has 1 aromatic heterocycles. The predicted octanol–water partition coefficient (Wildman–Crippen LogP) is 2.13. The van der Waals surface area contributed by atoms with Crippen LogP contribution in [-0.2, 0) is 22.5 Å². The number of rotatable bonds is 7. The summed E-state index contributed by atoms with van der Waals surface area (Å²) in [6.07, 6.45) is 0.826. The number of methoxy groups -OCH3 is 1. The van der Waals surface area contributed by atoms with Gasteiger partial charge in [-0.05, 0) is 36.2 Å². The highest BCUT2D eigenvalue weighted by Gasteiger charge is 2.10. The van der Waals surface area contributed by atoms with E-state index in [4.69, 9.17) is 4.42 Å². The summed E-state index contributed by atoms with van der Waals surface area (Å²) in [7, 11) is 1.34. The third-order valence-corrected chi connectivity index (χ3v) is 4.25. The maximum atomic E-state index is 12.0. The molecule has 0 fully saturated rings. The molecule has 0 aliphatic heterocycles. The van der Waals surface area contributed by atoms with Gasteiger partial charge in [0.15, 0.2) is 5.58 Å². The fourth-order valence-electron chi connectivity index (χ4n) is 2.80. The SMILES string of the molecule is COC(=O)c1ccc(CCNC(=O)CCn2c(=O)oc3ccccc32)cc1. The molecule has 7 heteroatoms. The topological polar surface area (TPSA) is 90.5 Å². The molecule has 140 valence electrons. The summed E-state index contributed by atoms with van der Waals surface area (Å²) in [4.78, 5) is 35.3. The van der Waals surface area contributed by atoms with E-state index in [2.05, 4.69) is 10.1 Å². The number of benzene rings is 2. The lowest BCUT2D eigenvalue weighted by molar-refractivity contribution is -0.121. The van der Waals surface area contributed by atoms with E-state index >= 15 is 0 Å². The van der Waals surface area contributed by atoms with Gasteiger partial charge >= 0.3 is 11.7 Å². The molecule has 3 aromatic rings. The highest BCUT2D eigenvalue weighted by molar-refractivity contribution is 5.89. The van der Waals surface area contributed by atoms with Crippen LogP contribution in [0.4, 0.5) is 0 Å². The Hall–Kier alpha value is -3.35. The molecule has 3 rings (SSSR count). The van der Waals surface area contributed by atoms with Crippen molar-refractivity contribution in [1.29, 1.82) is 0 Å². The smallest absolute Gasteiger partial charge is 0.419 e. The molecule has 27 heavy (non-hydrogen) atoms. The monoisotopic (exact) mass is 368 g/mol. The van der Waals surface area contributed by atoms with Crippen molar-refractivity contribution in [2.24, 2.45) is 0 Å². The largest absolute Gasteiger partial charge is 0.465 e. The van der Waals surface area contributed by atoms with Crippen molar-refractivity contribution < 1.29 is 18.7 Å². The standard InChI is InChI=1S/C20H20N2O5/c1-26-19(24)15-8-6-14(7-9-15)10-12-21-18(23)11-13-22-16-4-2-3-5-17(16)27-20(22)25/h2-9H,10-13H2,1H3,(H,21,23). The summed E-state index contributed by atoms with van der Waals surface area (Å²) in [5, 5.41) is 2.83. The van der Waals surface area contributed by atoms with Gasteiger partial charge in [-0.2, -0.15) is 0 Å². The first kappa shape index (κ1) is 18.4. The minimum Gasteiger partial charge on any atom is -0.465 e. The molecular formula is C20H20N2O5. The number of hydrogen-bond donors (Lipinski definition) is 1. The summed E-state index contributed by atoms with van der Waals surface area (Å²) in [6, 6.07) is 14.2. The number of aromatic nitrogens is 1. The van der Waals surface area contributed by atoms with Crippen LogP contribution in [0.3, 0.4) is 0 Å². The summed E-state index contributed by atoms with van der Waals surface area (Å²) in [6.45, 7) is 0.729. The fraction of sp³-hybridized carbons (Fsp3) is 0.250. The van der Waals surface area contributed by atoms with Crippen molar-refractivity contribution in [2.75, 3.05) is 13.7 Å². The summed E-state index contributed by atoms with van der Waals surface area (Å²) >= 11 is 0. The molecule has 0 bridgehead atoms. The number of para-hydroxylation sites is 2. The molecule has 7 nitrogen and oxygen atoms in total. The molecule has 2 aromatic carbocycles. The lowest BCUT2D eigenvalue weighted by Gasteiger charge is -2.06. The van der Waals surface area contributed by atoms with E-state index in [1.165, 1.54) is 11.7 Å². The number of nitrogens with zero attached hydrogens (tertiary/aromatic N) is 1. The third-order valence-electron chi connectivity index (χ3n) is 4.25. The summed E-state index contributed by atoms with van der Waals surface area (Å²) in [5.74, 6) is -0.982. The minimum atomic E-state index is -0.463. The van der Waals surface area contributed by atoms with Crippen molar-refractivity contribution in [2.45, 2.75) is 19.4 Å². The number of fused-ring (bicyclic) bond motifs is 1. The average molecular weight is 368 g/mol. The number of hydrogen-bond acceptors (Lipinski definition) is 5. The minimum absolute atomic E-state index is 0.140. The van der Waals surface area contributed by atoms with Gasteiger partial charge in [-0.25, -0.2) is 9.59 Å². The zero-order chi connectivity index (χ0) is 19.2. The molecule has 1 amide bonds. The van der Waals surface area contributed by atoms with Crippen LogP contribution in [0.5, 0.6) is 0 Å². The van der Waals surface area contributed by atoms with Crippen LogP contribution in [0, 0.1) is 0 Å². The lowest BCUT2D eigenvalue weighted by Crippen LogP contribution is -2.27. The second-order valence-corrected chi connectivity index (χ2v) is 6.03. The van der Waals surface area contributed by atoms with Crippen LogP contribution in [-0.4, -0.2) is 30.1 Å². The number of nitrogens with one attached hydrogen (secondary N) is 1. The Bertz CT molecular complexity index is 1000. The van der Waals surface area contributed by atoms with Crippen molar-refractivity contribution in [1.82, 2.24) is 9.88 Å². The maximum absolute atomic E-state index is 12.0. The molecule has 0 saturated carbocycles. The zero-order valence-electron chi connectivity index (χ0n) is 14.9. The second kappa shape index (κ2) is 8.35. The maximum Gasteiger partial charge on any atom is 0.419 e. The Morgan fingerprint density at radius 1 is 1.11 bits per heavy atom. The second-order valence-electron chi connectivity index (χ2n) is 6.03. The number of ether oxygens (including phenoxy) is 1. The van der Waals surface area contributed by atoms with Gasteiger partial charge in [0.25, 0.3) is 0 Å². The normalized spacial score (nSPS) is 10.7. The predicted molar refractivity (Wildman–Crippen MR) is 99.6 cm³/mol. The van der Waals surface area contributed by atoms with E-state index in [0.29, 0.717) is 29.6 Å². The van der Waals surface area contributed by atoms with Gasteiger partial charge in [-0.3, -0.25) is 9.36 Å². The summed E-state index contributed by atoms with van der Waals surface area (Å²) < 4.78 is 11.3. The van der Waals surface area contributed by atoms with Crippen molar-refractivity contribution >= 4 is 23.0 Å². The van der Waals surface area contributed by atoms with Crippen LogP contribution in [0.2, 0.25) is 0 Å².